The highest BCUT2D eigenvalue weighted by molar-refractivity contribution is 6.10. The molecule has 1 N–H and O–H groups in total. The number of anilines is 1. The number of amides is 3. The SMILES string of the molecule is CCOc1ccc(NC(=O)CCN2C(=O)Cc3ccccc3C2=O)cc1OC. The number of carbonyl (C=O) groups is 3. The molecule has 2 aromatic rings. The van der Waals surface area contributed by atoms with Crippen LogP contribution in [-0.4, -0.2) is 42.9 Å². The molecule has 0 atom stereocenters. The Morgan fingerprint density at radius 1 is 1.14 bits per heavy atom. The number of rotatable bonds is 7. The van der Waals surface area contributed by atoms with Gasteiger partial charge in [-0.05, 0) is 30.7 Å². The first-order valence-corrected chi connectivity index (χ1v) is 9.06. The summed E-state index contributed by atoms with van der Waals surface area (Å²) >= 11 is 0. The van der Waals surface area contributed by atoms with Crippen LogP contribution in [0.3, 0.4) is 0 Å². The molecule has 0 radical (unpaired) electrons. The topological polar surface area (TPSA) is 84.9 Å². The van der Waals surface area contributed by atoms with Crippen LogP contribution in [0.4, 0.5) is 5.69 Å². The van der Waals surface area contributed by atoms with Crippen LogP contribution in [0.25, 0.3) is 0 Å². The maximum Gasteiger partial charge on any atom is 0.260 e. The minimum absolute atomic E-state index is 0.00910. The number of hydrogen-bond acceptors (Lipinski definition) is 5. The van der Waals surface area contributed by atoms with E-state index in [1.165, 1.54) is 7.11 Å². The largest absolute Gasteiger partial charge is 0.493 e. The van der Waals surface area contributed by atoms with E-state index in [9.17, 15) is 14.4 Å². The zero-order valence-corrected chi connectivity index (χ0v) is 15.9. The molecule has 1 aliphatic rings. The highest BCUT2D eigenvalue weighted by Crippen LogP contribution is 2.30. The molecule has 0 fully saturated rings. The lowest BCUT2D eigenvalue weighted by Gasteiger charge is -2.26. The second-order valence-corrected chi connectivity index (χ2v) is 6.28. The highest BCUT2D eigenvalue weighted by Gasteiger charge is 2.30. The van der Waals surface area contributed by atoms with Crippen molar-refractivity contribution in [1.29, 1.82) is 0 Å². The number of hydrogen-bond donors (Lipinski definition) is 1. The molecule has 0 bridgehead atoms. The number of ether oxygens (including phenoxy) is 2. The van der Waals surface area contributed by atoms with Crippen LogP contribution in [0, 0.1) is 0 Å². The molecule has 7 heteroatoms. The third-order valence-electron chi connectivity index (χ3n) is 4.45. The van der Waals surface area contributed by atoms with Crippen molar-refractivity contribution in [3.8, 4) is 11.5 Å². The van der Waals surface area contributed by atoms with Crippen molar-refractivity contribution in [2.75, 3.05) is 25.6 Å². The van der Waals surface area contributed by atoms with Gasteiger partial charge in [-0.1, -0.05) is 18.2 Å². The molecule has 0 saturated heterocycles. The number of nitrogens with zero attached hydrogens (tertiary/aromatic N) is 1. The van der Waals surface area contributed by atoms with Gasteiger partial charge in [0, 0.05) is 30.3 Å². The van der Waals surface area contributed by atoms with E-state index in [0.717, 1.165) is 10.5 Å². The van der Waals surface area contributed by atoms with Gasteiger partial charge in [0.05, 0.1) is 20.1 Å². The van der Waals surface area contributed by atoms with Crippen molar-refractivity contribution in [3.63, 3.8) is 0 Å². The van der Waals surface area contributed by atoms with E-state index in [0.29, 0.717) is 29.4 Å². The molecule has 2 aromatic carbocycles. The first kappa shape index (κ1) is 19.4. The summed E-state index contributed by atoms with van der Waals surface area (Å²) in [6.45, 7) is 2.41. The van der Waals surface area contributed by atoms with Crippen LogP contribution in [-0.2, 0) is 16.0 Å². The molecular weight excluding hydrogens is 360 g/mol. The van der Waals surface area contributed by atoms with Gasteiger partial charge < -0.3 is 14.8 Å². The Labute approximate surface area is 163 Å². The van der Waals surface area contributed by atoms with Gasteiger partial charge in [-0.2, -0.15) is 0 Å². The fourth-order valence-corrected chi connectivity index (χ4v) is 3.08. The summed E-state index contributed by atoms with van der Waals surface area (Å²) in [6, 6.07) is 12.1. The van der Waals surface area contributed by atoms with E-state index in [4.69, 9.17) is 9.47 Å². The third kappa shape index (κ3) is 4.14. The van der Waals surface area contributed by atoms with Gasteiger partial charge in [-0.15, -0.1) is 0 Å². The van der Waals surface area contributed by atoms with E-state index < -0.39 is 0 Å². The van der Waals surface area contributed by atoms with Crippen molar-refractivity contribution < 1.29 is 23.9 Å². The van der Waals surface area contributed by atoms with Crippen molar-refractivity contribution in [2.45, 2.75) is 19.8 Å². The molecule has 0 aliphatic carbocycles. The lowest BCUT2D eigenvalue weighted by atomic mass is 9.98. The molecule has 1 aliphatic heterocycles. The Balaban J connectivity index is 1.62. The summed E-state index contributed by atoms with van der Waals surface area (Å²) in [4.78, 5) is 38.2. The van der Waals surface area contributed by atoms with Crippen molar-refractivity contribution in [1.82, 2.24) is 4.90 Å². The van der Waals surface area contributed by atoms with Crippen LogP contribution < -0.4 is 14.8 Å². The van der Waals surface area contributed by atoms with Gasteiger partial charge in [0.1, 0.15) is 0 Å². The summed E-state index contributed by atoms with van der Waals surface area (Å²) < 4.78 is 10.7. The van der Waals surface area contributed by atoms with Gasteiger partial charge in [-0.25, -0.2) is 0 Å². The average Bonchev–Trinajstić information content (AvgIpc) is 2.69. The Kier molecular flexibility index (Phi) is 5.93. The molecule has 7 nitrogen and oxygen atoms in total. The molecule has 3 rings (SSSR count). The number of carbonyl (C=O) groups excluding carboxylic acids is 3. The van der Waals surface area contributed by atoms with E-state index in [2.05, 4.69) is 5.32 Å². The van der Waals surface area contributed by atoms with Gasteiger partial charge >= 0.3 is 0 Å². The second kappa shape index (κ2) is 8.56. The molecule has 0 spiro atoms. The molecule has 0 aromatic heterocycles. The third-order valence-corrected chi connectivity index (χ3v) is 4.45. The van der Waals surface area contributed by atoms with Crippen LogP contribution in [0.5, 0.6) is 11.5 Å². The predicted molar refractivity (Wildman–Crippen MR) is 104 cm³/mol. The number of methoxy groups -OCH3 is 1. The minimum Gasteiger partial charge on any atom is -0.493 e. The van der Waals surface area contributed by atoms with Crippen LogP contribution in [0.15, 0.2) is 42.5 Å². The molecule has 146 valence electrons. The molecule has 1 heterocycles. The number of imide groups is 1. The standard InChI is InChI=1S/C21H22N2O5/c1-3-28-17-9-8-15(13-18(17)27-2)22-19(24)10-11-23-20(25)12-14-6-4-5-7-16(14)21(23)26/h4-9,13H,3,10-12H2,1-2H3,(H,22,24). The maximum atomic E-state index is 12.5. The Morgan fingerprint density at radius 3 is 2.68 bits per heavy atom. The highest BCUT2D eigenvalue weighted by atomic mass is 16.5. The lowest BCUT2D eigenvalue weighted by molar-refractivity contribution is -0.128. The summed E-state index contributed by atoms with van der Waals surface area (Å²) in [7, 11) is 1.52. The molecule has 3 amide bonds. The average molecular weight is 382 g/mol. The molecular formula is C21H22N2O5. The van der Waals surface area contributed by atoms with E-state index in [1.807, 2.05) is 6.92 Å². The fourth-order valence-electron chi connectivity index (χ4n) is 3.08. The first-order valence-electron chi connectivity index (χ1n) is 9.06. The first-order chi connectivity index (χ1) is 13.5. The van der Waals surface area contributed by atoms with Crippen LogP contribution in [0.1, 0.15) is 29.3 Å². The summed E-state index contributed by atoms with van der Waals surface area (Å²) in [5, 5.41) is 2.75. The summed E-state index contributed by atoms with van der Waals surface area (Å²) in [6.07, 6.45) is 0.175. The Hall–Kier alpha value is -3.35. The quantitative estimate of drug-likeness (QED) is 0.744. The normalized spacial score (nSPS) is 13.1. The smallest absolute Gasteiger partial charge is 0.260 e. The number of nitrogens with one attached hydrogen (secondary N) is 1. The second-order valence-electron chi connectivity index (χ2n) is 6.28. The lowest BCUT2D eigenvalue weighted by Crippen LogP contribution is -2.43. The molecule has 0 saturated carbocycles. The van der Waals surface area contributed by atoms with Gasteiger partial charge in [0.2, 0.25) is 11.8 Å². The van der Waals surface area contributed by atoms with E-state index >= 15 is 0 Å². The van der Waals surface area contributed by atoms with Gasteiger partial charge in [-0.3, -0.25) is 19.3 Å². The zero-order valence-electron chi connectivity index (χ0n) is 15.9. The van der Waals surface area contributed by atoms with Crippen molar-refractivity contribution in [3.05, 3.63) is 53.6 Å². The van der Waals surface area contributed by atoms with Crippen LogP contribution >= 0.6 is 0 Å². The van der Waals surface area contributed by atoms with Gasteiger partial charge in [0.25, 0.3) is 5.91 Å². The van der Waals surface area contributed by atoms with Crippen LogP contribution in [0.2, 0.25) is 0 Å². The summed E-state index contributed by atoms with van der Waals surface area (Å²) in [5.74, 6) is 0.149. The molecule has 28 heavy (non-hydrogen) atoms. The Bertz CT molecular complexity index is 909. The van der Waals surface area contributed by atoms with Crippen molar-refractivity contribution in [2.24, 2.45) is 0 Å². The maximum absolute atomic E-state index is 12.5. The zero-order chi connectivity index (χ0) is 20.1. The number of fused-ring (bicyclic) bond motifs is 1. The van der Waals surface area contributed by atoms with E-state index in [1.54, 1.807) is 42.5 Å². The fraction of sp³-hybridized carbons (Fsp3) is 0.286. The predicted octanol–water partition coefficient (Wildman–Crippen LogP) is 2.65. The van der Waals surface area contributed by atoms with Crippen molar-refractivity contribution >= 4 is 23.4 Å². The minimum atomic E-state index is -0.359. The van der Waals surface area contributed by atoms with Gasteiger partial charge in [0.15, 0.2) is 11.5 Å². The monoisotopic (exact) mass is 382 g/mol. The number of benzene rings is 2. The summed E-state index contributed by atoms with van der Waals surface area (Å²) in [5.41, 5.74) is 1.78. The molecule has 0 unspecified atom stereocenters. The van der Waals surface area contributed by atoms with E-state index in [-0.39, 0.29) is 37.1 Å². The Morgan fingerprint density at radius 2 is 1.93 bits per heavy atom.